The molecule has 1 heterocycles. The number of ether oxygens (including phenoxy) is 1. The van der Waals surface area contributed by atoms with E-state index in [0.717, 1.165) is 18.5 Å². The first-order chi connectivity index (χ1) is 10.7. The van der Waals surface area contributed by atoms with Crippen LogP contribution in [-0.4, -0.2) is 29.2 Å². The average molecular weight is 298 g/mol. The summed E-state index contributed by atoms with van der Waals surface area (Å²) in [5, 5.41) is 11.8. The second-order valence-corrected chi connectivity index (χ2v) is 5.35. The molecule has 2 aromatic rings. The lowest BCUT2D eigenvalue weighted by atomic mass is 10.1. The molecule has 1 amide bonds. The van der Waals surface area contributed by atoms with Crippen LogP contribution in [0, 0.1) is 0 Å². The maximum absolute atomic E-state index is 12.4. The summed E-state index contributed by atoms with van der Waals surface area (Å²) in [5.41, 5.74) is 1.18. The number of rotatable bonds is 6. The Balaban J connectivity index is 1.67. The van der Waals surface area contributed by atoms with Gasteiger partial charge < -0.3 is 15.2 Å². The summed E-state index contributed by atoms with van der Waals surface area (Å²) in [7, 11) is 0. The standard InChI is InChI=1S/C17H18N2O3/c20-11-12-22-14-6-4-13(5-7-14)16(21)19-17(8-9-17)15-3-1-2-10-18-15/h1-7,10,20H,8-9,11-12H2,(H,19,21). The summed E-state index contributed by atoms with van der Waals surface area (Å²) in [4.78, 5) is 16.7. The summed E-state index contributed by atoms with van der Waals surface area (Å²) < 4.78 is 5.28. The van der Waals surface area contributed by atoms with Crippen molar-refractivity contribution in [3.63, 3.8) is 0 Å². The van der Waals surface area contributed by atoms with Crippen LogP contribution < -0.4 is 10.1 Å². The van der Waals surface area contributed by atoms with E-state index in [0.29, 0.717) is 11.3 Å². The fourth-order valence-corrected chi connectivity index (χ4v) is 2.37. The third kappa shape index (κ3) is 3.09. The molecule has 1 saturated carbocycles. The van der Waals surface area contributed by atoms with Crippen LogP contribution in [0.3, 0.4) is 0 Å². The molecule has 0 unspecified atom stereocenters. The number of aliphatic hydroxyl groups excluding tert-OH is 1. The first-order valence-corrected chi connectivity index (χ1v) is 7.31. The smallest absolute Gasteiger partial charge is 0.252 e. The van der Waals surface area contributed by atoms with Gasteiger partial charge in [-0.3, -0.25) is 9.78 Å². The first-order valence-electron chi connectivity index (χ1n) is 7.31. The van der Waals surface area contributed by atoms with E-state index >= 15 is 0 Å². The van der Waals surface area contributed by atoms with E-state index in [2.05, 4.69) is 10.3 Å². The predicted molar refractivity (Wildman–Crippen MR) is 81.6 cm³/mol. The number of aromatic nitrogens is 1. The van der Waals surface area contributed by atoms with E-state index < -0.39 is 0 Å². The van der Waals surface area contributed by atoms with Crippen LogP contribution in [0.4, 0.5) is 0 Å². The maximum Gasteiger partial charge on any atom is 0.252 e. The van der Waals surface area contributed by atoms with E-state index in [4.69, 9.17) is 9.84 Å². The van der Waals surface area contributed by atoms with Crippen LogP contribution in [0.1, 0.15) is 28.9 Å². The molecule has 0 spiro atoms. The zero-order valence-corrected chi connectivity index (χ0v) is 12.2. The quantitative estimate of drug-likeness (QED) is 0.854. The topological polar surface area (TPSA) is 71.5 Å². The van der Waals surface area contributed by atoms with E-state index in [1.807, 2.05) is 18.2 Å². The fourth-order valence-electron chi connectivity index (χ4n) is 2.37. The summed E-state index contributed by atoms with van der Waals surface area (Å²) >= 11 is 0. The Labute approximate surface area is 129 Å². The summed E-state index contributed by atoms with van der Waals surface area (Å²) in [6.07, 6.45) is 3.57. The van der Waals surface area contributed by atoms with Crippen LogP contribution in [0.5, 0.6) is 5.75 Å². The second kappa shape index (κ2) is 6.15. The molecule has 0 bridgehead atoms. The largest absolute Gasteiger partial charge is 0.491 e. The number of aliphatic hydroxyl groups is 1. The van der Waals surface area contributed by atoms with Gasteiger partial charge in [0.05, 0.1) is 17.8 Å². The maximum atomic E-state index is 12.4. The van der Waals surface area contributed by atoms with Gasteiger partial charge in [-0.05, 0) is 49.2 Å². The van der Waals surface area contributed by atoms with Gasteiger partial charge in [0.25, 0.3) is 5.91 Å². The molecular weight excluding hydrogens is 280 g/mol. The molecule has 1 aliphatic rings. The third-order valence-corrected chi connectivity index (χ3v) is 3.73. The van der Waals surface area contributed by atoms with Gasteiger partial charge in [-0.2, -0.15) is 0 Å². The van der Waals surface area contributed by atoms with Gasteiger partial charge in [-0.15, -0.1) is 0 Å². The highest BCUT2D eigenvalue weighted by molar-refractivity contribution is 5.95. The molecule has 1 aromatic carbocycles. The number of hydrogen-bond donors (Lipinski definition) is 2. The molecule has 114 valence electrons. The average Bonchev–Trinajstić information content (AvgIpc) is 3.35. The Hall–Kier alpha value is -2.40. The highest BCUT2D eigenvalue weighted by atomic mass is 16.5. The van der Waals surface area contributed by atoms with Gasteiger partial charge in [-0.1, -0.05) is 6.07 Å². The normalized spacial score (nSPS) is 15.1. The summed E-state index contributed by atoms with van der Waals surface area (Å²) in [6, 6.07) is 12.6. The van der Waals surface area contributed by atoms with Gasteiger partial charge >= 0.3 is 0 Å². The molecule has 0 aliphatic heterocycles. The number of benzene rings is 1. The van der Waals surface area contributed by atoms with Crippen LogP contribution in [0.15, 0.2) is 48.7 Å². The van der Waals surface area contributed by atoms with Crippen LogP contribution in [-0.2, 0) is 5.54 Å². The minimum atomic E-state index is -0.315. The van der Waals surface area contributed by atoms with Crippen molar-refractivity contribution in [3.05, 3.63) is 59.9 Å². The monoisotopic (exact) mass is 298 g/mol. The van der Waals surface area contributed by atoms with Gasteiger partial charge in [0, 0.05) is 11.8 Å². The number of pyridine rings is 1. The van der Waals surface area contributed by atoms with E-state index in [1.54, 1.807) is 30.5 Å². The number of carbonyl (C=O) groups excluding carboxylic acids is 1. The van der Waals surface area contributed by atoms with Crippen molar-refractivity contribution in [2.45, 2.75) is 18.4 Å². The Kier molecular flexibility index (Phi) is 4.06. The fraction of sp³-hybridized carbons (Fsp3) is 0.294. The van der Waals surface area contributed by atoms with Gasteiger partial charge in [0.1, 0.15) is 12.4 Å². The minimum Gasteiger partial charge on any atom is -0.491 e. The summed E-state index contributed by atoms with van der Waals surface area (Å²) in [6.45, 7) is 0.211. The van der Waals surface area contributed by atoms with Gasteiger partial charge in [0.15, 0.2) is 0 Å². The summed E-state index contributed by atoms with van der Waals surface area (Å²) in [5.74, 6) is 0.522. The molecule has 5 heteroatoms. The van der Waals surface area contributed by atoms with E-state index in [1.165, 1.54) is 0 Å². The van der Waals surface area contributed by atoms with Crippen molar-refractivity contribution in [1.82, 2.24) is 10.3 Å². The zero-order valence-electron chi connectivity index (χ0n) is 12.2. The molecule has 1 fully saturated rings. The Morgan fingerprint density at radius 1 is 1.23 bits per heavy atom. The molecule has 1 aliphatic carbocycles. The predicted octanol–water partition coefficient (Wildman–Crippen LogP) is 1.87. The lowest BCUT2D eigenvalue weighted by Crippen LogP contribution is -2.35. The van der Waals surface area contributed by atoms with Crippen molar-refractivity contribution < 1.29 is 14.6 Å². The molecule has 1 aromatic heterocycles. The number of nitrogens with one attached hydrogen (secondary N) is 1. The van der Waals surface area contributed by atoms with Gasteiger partial charge in [0.2, 0.25) is 0 Å². The first kappa shape index (κ1) is 14.5. The Morgan fingerprint density at radius 2 is 2.00 bits per heavy atom. The lowest BCUT2D eigenvalue weighted by Gasteiger charge is -2.17. The highest BCUT2D eigenvalue weighted by Gasteiger charge is 2.46. The van der Waals surface area contributed by atoms with Crippen molar-refractivity contribution in [2.24, 2.45) is 0 Å². The number of amides is 1. The van der Waals surface area contributed by atoms with Gasteiger partial charge in [-0.25, -0.2) is 0 Å². The van der Waals surface area contributed by atoms with Crippen molar-refractivity contribution in [1.29, 1.82) is 0 Å². The van der Waals surface area contributed by atoms with E-state index in [9.17, 15) is 4.79 Å². The van der Waals surface area contributed by atoms with Crippen molar-refractivity contribution in [3.8, 4) is 5.75 Å². The van der Waals surface area contributed by atoms with Crippen LogP contribution >= 0.6 is 0 Å². The molecule has 0 radical (unpaired) electrons. The molecule has 0 atom stereocenters. The van der Waals surface area contributed by atoms with Crippen LogP contribution in [0.25, 0.3) is 0 Å². The number of hydrogen-bond acceptors (Lipinski definition) is 4. The second-order valence-electron chi connectivity index (χ2n) is 5.35. The molecule has 2 N–H and O–H groups in total. The van der Waals surface area contributed by atoms with E-state index in [-0.39, 0.29) is 24.7 Å². The Morgan fingerprint density at radius 3 is 2.59 bits per heavy atom. The van der Waals surface area contributed by atoms with Crippen molar-refractivity contribution in [2.75, 3.05) is 13.2 Å². The van der Waals surface area contributed by atoms with Crippen molar-refractivity contribution >= 4 is 5.91 Å². The number of carbonyl (C=O) groups is 1. The SMILES string of the molecule is O=C(NC1(c2ccccn2)CC1)c1ccc(OCCO)cc1. The molecular formula is C17H18N2O3. The highest BCUT2D eigenvalue weighted by Crippen LogP contribution is 2.44. The third-order valence-electron chi connectivity index (χ3n) is 3.73. The number of nitrogens with zero attached hydrogens (tertiary/aromatic N) is 1. The zero-order chi connectivity index (χ0) is 15.4. The molecule has 5 nitrogen and oxygen atoms in total. The molecule has 0 saturated heterocycles. The molecule has 22 heavy (non-hydrogen) atoms. The Bertz CT molecular complexity index is 637. The molecule has 3 rings (SSSR count). The lowest BCUT2D eigenvalue weighted by molar-refractivity contribution is 0.0929. The minimum absolute atomic E-state index is 0.0329. The van der Waals surface area contributed by atoms with Crippen LogP contribution in [0.2, 0.25) is 0 Å².